The molecule has 0 saturated heterocycles. The second-order valence-corrected chi connectivity index (χ2v) is 4.01. The Morgan fingerprint density at radius 1 is 1.11 bits per heavy atom. The van der Waals surface area contributed by atoms with Crippen LogP contribution in [-0.4, -0.2) is 24.2 Å². The lowest BCUT2D eigenvalue weighted by atomic mass is 10.1. The third kappa shape index (κ3) is 2.76. The normalized spacial score (nSPS) is 10.3. The molecule has 5 heteroatoms. The quantitative estimate of drug-likeness (QED) is 0.912. The molecule has 19 heavy (non-hydrogen) atoms. The van der Waals surface area contributed by atoms with E-state index in [1.165, 1.54) is 0 Å². The summed E-state index contributed by atoms with van der Waals surface area (Å²) in [6, 6.07) is 7.32. The van der Waals surface area contributed by atoms with Crippen molar-refractivity contribution in [2.24, 2.45) is 0 Å². The van der Waals surface area contributed by atoms with Gasteiger partial charge in [-0.05, 0) is 12.1 Å². The van der Waals surface area contributed by atoms with E-state index in [1.54, 1.807) is 20.3 Å². The van der Waals surface area contributed by atoms with E-state index in [1.807, 2.05) is 25.1 Å². The Kier molecular flexibility index (Phi) is 3.85. The van der Waals surface area contributed by atoms with E-state index in [0.717, 1.165) is 23.4 Å². The number of nitrogens with two attached hydrogens (primary N) is 1. The van der Waals surface area contributed by atoms with Crippen LogP contribution in [0.1, 0.15) is 12.7 Å². The minimum Gasteiger partial charge on any atom is -0.497 e. The molecule has 0 unspecified atom stereocenters. The van der Waals surface area contributed by atoms with Gasteiger partial charge in [-0.25, -0.2) is 9.97 Å². The summed E-state index contributed by atoms with van der Waals surface area (Å²) in [4.78, 5) is 8.64. The molecule has 0 amide bonds. The highest BCUT2D eigenvalue weighted by Crippen LogP contribution is 2.32. The van der Waals surface area contributed by atoms with E-state index in [4.69, 9.17) is 15.2 Å². The van der Waals surface area contributed by atoms with Gasteiger partial charge in [0.2, 0.25) is 0 Å². The number of aryl methyl sites for hydroxylation is 1. The number of methoxy groups -OCH3 is 2. The standard InChI is InChI=1S/C14H17N3O2/c1-4-14-16-11(8-13(15)17-14)10-6-5-9(18-2)7-12(10)19-3/h5-8H,4H2,1-3H3,(H2,15,16,17). The van der Waals surface area contributed by atoms with Crippen molar-refractivity contribution in [1.29, 1.82) is 0 Å². The van der Waals surface area contributed by atoms with Crippen molar-refractivity contribution >= 4 is 5.82 Å². The molecule has 2 N–H and O–H groups in total. The smallest absolute Gasteiger partial charge is 0.131 e. The molecule has 0 aliphatic rings. The molecule has 1 heterocycles. The first-order valence-corrected chi connectivity index (χ1v) is 6.03. The predicted molar refractivity (Wildman–Crippen MR) is 74.4 cm³/mol. The van der Waals surface area contributed by atoms with Gasteiger partial charge < -0.3 is 15.2 Å². The summed E-state index contributed by atoms with van der Waals surface area (Å²) in [5.74, 6) is 2.60. The van der Waals surface area contributed by atoms with Crippen LogP contribution in [0.2, 0.25) is 0 Å². The molecule has 0 aliphatic carbocycles. The molecule has 0 aliphatic heterocycles. The van der Waals surface area contributed by atoms with Gasteiger partial charge >= 0.3 is 0 Å². The highest BCUT2D eigenvalue weighted by atomic mass is 16.5. The zero-order chi connectivity index (χ0) is 13.8. The Balaban J connectivity index is 2.54. The number of hydrogen-bond acceptors (Lipinski definition) is 5. The van der Waals surface area contributed by atoms with Gasteiger partial charge in [-0.3, -0.25) is 0 Å². The van der Waals surface area contributed by atoms with Gasteiger partial charge in [0.05, 0.1) is 19.9 Å². The molecule has 100 valence electrons. The fourth-order valence-corrected chi connectivity index (χ4v) is 1.82. The third-order valence-electron chi connectivity index (χ3n) is 2.79. The first-order valence-electron chi connectivity index (χ1n) is 6.03. The van der Waals surface area contributed by atoms with Crippen LogP contribution in [0.5, 0.6) is 11.5 Å². The van der Waals surface area contributed by atoms with E-state index < -0.39 is 0 Å². The molecule has 1 aromatic heterocycles. The van der Waals surface area contributed by atoms with E-state index in [-0.39, 0.29) is 0 Å². The van der Waals surface area contributed by atoms with Crippen molar-refractivity contribution in [3.63, 3.8) is 0 Å². The summed E-state index contributed by atoms with van der Waals surface area (Å²) in [6.07, 6.45) is 0.733. The lowest BCUT2D eigenvalue weighted by Gasteiger charge is -2.11. The minimum absolute atomic E-state index is 0.458. The van der Waals surface area contributed by atoms with Crippen LogP contribution in [0.15, 0.2) is 24.3 Å². The van der Waals surface area contributed by atoms with Gasteiger partial charge in [-0.15, -0.1) is 0 Å². The zero-order valence-corrected chi connectivity index (χ0v) is 11.3. The van der Waals surface area contributed by atoms with Gasteiger partial charge in [-0.1, -0.05) is 6.92 Å². The van der Waals surface area contributed by atoms with Crippen LogP contribution in [0.4, 0.5) is 5.82 Å². The molecular formula is C14H17N3O2. The summed E-state index contributed by atoms with van der Waals surface area (Å²) in [5, 5.41) is 0. The average molecular weight is 259 g/mol. The predicted octanol–water partition coefficient (Wildman–Crippen LogP) is 2.31. The topological polar surface area (TPSA) is 70.3 Å². The van der Waals surface area contributed by atoms with Crippen LogP contribution in [0.3, 0.4) is 0 Å². The van der Waals surface area contributed by atoms with Crippen molar-refractivity contribution in [2.75, 3.05) is 20.0 Å². The second-order valence-electron chi connectivity index (χ2n) is 4.01. The number of anilines is 1. The van der Waals surface area contributed by atoms with Gasteiger partial charge in [0.15, 0.2) is 0 Å². The SMILES string of the molecule is CCc1nc(N)cc(-c2ccc(OC)cc2OC)n1. The maximum atomic E-state index is 5.80. The summed E-state index contributed by atoms with van der Waals surface area (Å²) in [6.45, 7) is 1.99. The summed E-state index contributed by atoms with van der Waals surface area (Å²) < 4.78 is 10.6. The second kappa shape index (κ2) is 5.56. The number of nitrogens with zero attached hydrogens (tertiary/aromatic N) is 2. The van der Waals surface area contributed by atoms with Crippen molar-refractivity contribution in [3.8, 4) is 22.8 Å². The number of hydrogen-bond donors (Lipinski definition) is 1. The summed E-state index contributed by atoms with van der Waals surface area (Å²) >= 11 is 0. The monoisotopic (exact) mass is 259 g/mol. The Hall–Kier alpha value is -2.30. The molecule has 2 rings (SSSR count). The number of nitrogen functional groups attached to an aromatic ring is 1. The Bertz CT molecular complexity index is 585. The fraction of sp³-hybridized carbons (Fsp3) is 0.286. The molecule has 2 aromatic rings. The highest BCUT2D eigenvalue weighted by molar-refractivity contribution is 5.70. The van der Waals surface area contributed by atoms with Gasteiger partial charge in [0.1, 0.15) is 23.1 Å². The van der Waals surface area contributed by atoms with E-state index in [0.29, 0.717) is 17.4 Å². The number of rotatable bonds is 4. The molecule has 0 radical (unpaired) electrons. The largest absolute Gasteiger partial charge is 0.497 e. The molecular weight excluding hydrogens is 242 g/mol. The third-order valence-corrected chi connectivity index (χ3v) is 2.79. The Morgan fingerprint density at radius 2 is 1.89 bits per heavy atom. The van der Waals surface area contributed by atoms with E-state index in [9.17, 15) is 0 Å². The first-order chi connectivity index (χ1) is 9.17. The van der Waals surface area contributed by atoms with Gasteiger partial charge in [0.25, 0.3) is 0 Å². The van der Waals surface area contributed by atoms with Crippen molar-refractivity contribution in [1.82, 2.24) is 9.97 Å². The van der Waals surface area contributed by atoms with Crippen LogP contribution in [0, 0.1) is 0 Å². The maximum absolute atomic E-state index is 5.80. The molecule has 0 fully saturated rings. The first kappa shape index (κ1) is 13.1. The molecule has 1 aromatic carbocycles. The van der Waals surface area contributed by atoms with Gasteiger partial charge in [-0.2, -0.15) is 0 Å². The van der Waals surface area contributed by atoms with Crippen molar-refractivity contribution in [3.05, 3.63) is 30.1 Å². The van der Waals surface area contributed by atoms with Crippen LogP contribution < -0.4 is 15.2 Å². The Labute approximate surface area is 112 Å². The van der Waals surface area contributed by atoms with E-state index >= 15 is 0 Å². The lowest BCUT2D eigenvalue weighted by Crippen LogP contribution is -2.01. The number of ether oxygens (including phenoxy) is 2. The van der Waals surface area contributed by atoms with Gasteiger partial charge in [0, 0.05) is 24.1 Å². The molecule has 0 bridgehead atoms. The highest BCUT2D eigenvalue weighted by Gasteiger charge is 2.10. The maximum Gasteiger partial charge on any atom is 0.131 e. The van der Waals surface area contributed by atoms with Crippen molar-refractivity contribution in [2.45, 2.75) is 13.3 Å². The van der Waals surface area contributed by atoms with Crippen LogP contribution in [-0.2, 0) is 6.42 Å². The minimum atomic E-state index is 0.458. The van der Waals surface area contributed by atoms with Crippen LogP contribution >= 0.6 is 0 Å². The average Bonchev–Trinajstić information content (AvgIpc) is 2.45. The molecule has 0 saturated carbocycles. The molecule has 0 spiro atoms. The molecule has 0 atom stereocenters. The molecule has 5 nitrogen and oxygen atoms in total. The summed E-state index contributed by atoms with van der Waals surface area (Å²) in [5.41, 5.74) is 7.42. The fourth-order valence-electron chi connectivity index (χ4n) is 1.82. The number of benzene rings is 1. The summed E-state index contributed by atoms with van der Waals surface area (Å²) in [7, 11) is 3.23. The zero-order valence-electron chi connectivity index (χ0n) is 11.3. The number of aromatic nitrogens is 2. The van der Waals surface area contributed by atoms with Crippen LogP contribution in [0.25, 0.3) is 11.3 Å². The Morgan fingerprint density at radius 3 is 2.53 bits per heavy atom. The lowest BCUT2D eigenvalue weighted by molar-refractivity contribution is 0.395. The van der Waals surface area contributed by atoms with E-state index in [2.05, 4.69) is 9.97 Å². The van der Waals surface area contributed by atoms with Crippen molar-refractivity contribution < 1.29 is 9.47 Å².